The molecule has 0 aromatic heterocycles. The monoisotopic (exact) mass is 398 g/mol. The molecule has 1 fully saturated rings. The molecule has 7 heteroatoms. The van der Waals surface area contributed by atoms with Crippen molar-refractivity contribution in [1.29, 1.82) is 0 Å². The third kappa shape index (κ3) is 4.62. The molecule has 1 saturated heterocycles. The molecule has 0 bridgehead atoms. The highest BCUT2D eigenvalue weighted by Crippen LogP contribution is 2.38. The molecule has 0 atom stereocenters. The highest BCUT2D eigenvalue weighted by atomic mass is 16.5. The van der Waals surface area contributed by atoms with Crippen molar-refractivity contribution < 1.29 is 23.8 Å². The lowest BCUT2D eigenvalue weighted by Crippen LogP contribution is -2.35. The summed E-state index contributed by atoms with van der Waals surface area (Å²) in [7, 11) is 4.49. The second-order valence-corrected chi connectivity index (χ2v) is 6.80. The van der Waals surface area contributed by atoms with Gasteiger partial charge in [0.05, 0.1) is 21.3 Å². The van der Waals surface area contributed by atoms with Gasteiger partial charge in [0.25, 0.3) is 11.8 Å². The van der Waals surface area contributed by atoms with E-state index in [0.29, 0.717) is 34.1 Å². The van der Waals surface area contributed by atoms with Crippen molar-refractivity contribution >= 4 is 17.5 Å². The van der Waals surface area contributed by atoms with Crippen LogP contribution in [0, 0.1) is 0 Å². The first kappa shape index (κ1) is 20.5. The number of benzene rings is 2. The van der Waals surface area contributed by atoms with Crippen LogP contribution in [0.25, 0.3) is 0 Å². The number of likely N-dealkylation sites (tertiary alicyclic amines) is 1. The van der Waals surface area contributed by atoms with Gasteiger partial charge < -0.3 is 24.4 Å². The Hall–Kier alpha value is -3.22. The molecule has 1 heterocycles. The molecule has 3 rings (SSSR count). The van der Waals surface area contributed by atoms with E-state index in [1.54, 1.807) is 36.4 Å². The van der Waals surface area contributed by atoms with Crippen molar-refractivity contribution in [1.82, 2.24) is 4.90 Å². The minimum Gasteiger partial charge on any atom is -0.493 e. The molecule has 1 N–H and O–H groups in total. The predicted molar refractivity (Wildman–Crippen MR) is 110 cm³/mol. The van der Waals surface area contributed by atoms with Crippen LogP contribution in [0.2, 0.25) is 0 Å². The van der Waals surface area contributed by atoms with E-state index in [1.807, 2.05) is 4.90 Å². The molecular formula is C22H26N2O5. The van der Waals surface area contributed by atoms with Crippen LogP contribution in [0.3, 0.4) is 0 Å². The third-order valence-electron chi connectivity index (χ3n) is 4.94. The van der Waals surface area contributed by atoms with Gasteiger partial charge in [0.1, 0.15) is 0 Å². The van der Waals surface area contributed by atoms with E-state index in [2.05, 4.69) is 5.32 Å². The fourth-order valence-corrected chi connectivity index (χ4v) is 3.42. The van der Waals surface area contributed by atoms with Crippen LogP contribution in [-0.2, 0) is 0 Å². The van der Waals surface area contributed by atoms with Gasteiger partial charge in [0.2, 0.25) is 5.75 Å². The van der Waals surface area contributed by atoms with E-state index in [9.17, 15) is 9.59 Å². The van der Waals surface area contributed by atoms with Gasteiger partial charge in [-0.2, -0.15) is 0 Å². The Morgan fingerprint density at radius 2 is 1.52 bits per heavy atom. The fourth-order valence-electron chi connectivity index (χ4n) is 3.42. The molecule has 7 nitrogen and oxygen atoms in total. The van der Waals surface area contributed by atoms with E-state index in [1.165, 1.54) is 21.3 Å². The van der Waals surface area contributed by atoms with Crippen LogP contribution in [0.5, 0.6) is 17.2 Å². The minimum atomic E-state index is -0.341. The van der Waals surface area contributed by atoms with Crippen LogP contribution in [-0.4, -0.2) is 51.1 Å². The van der Waals surface area contributed by atoms with E-state index < -0.39 is 0 Å². The number of carbonyl (C=O) groups is 2. The molecule has 154 valence electrons. The molecule has 2 aromatic rings. The molecule has 29 heavy (non-hydrogen) atoms. The van der Waals surface area contributed by atoms with Gasteiger partial charge in [-0.3, -0.25) is 9.59 Å². The van der Waals surface area contributed by atoms with Gasteiger partial charge in [-0.15, -0.1) is 0 Å². The van der Waals surface area contributed by atoms with Crippen LogP contribution >= 0.6 is 0 Å². The van der Waals surface area contributed by atoms with Gasteiger partial charge in [-0.1, -0.05) is 6.07 Å². The maximum atomic E-state index is 12.8. The lowest BCUT2D eigenvalue weighted by atomic mass is 10.1. The summed E-state index contributed by atoms with van der Waals surface area (Å²) in [5.74, 6) is 0.859. The highest BCUT2D eigenvalue weighted by molar-refractivity contribution is 6.06. The standard InChI is InChI=1S/C22H26N2O5/c1-27-18-13-16(14-19(28-2)20(18)29-3)21(25)23-17-9-7-8-15(12-17)22(26)24-10-5-4-6-11-24/h7-9,12-14H,4-6,10-11H2,1-3H3,(H,23,25). The van der Waals surface area contributed by atoms with Crippen molar-refractivity contribution in [2.24, 2.45) is 0 Å². The maximum absolute atomic E-state index is 12.8. The Morgan fingerprint density at radius 3 is 2.10 bits per heavy atom. The summed E-state index contributed by atoms with van der Waals surface area (Å²) in [5, 5.41) is 2.83. The van der Waals surface area contributed by atoms with Gasteiger partial charge in [-0.25, -0.2) is 0 Å². The second-order valence-electron chi connectivity index (χ2n) is 6.80. The second kappa shape index (κ2) is 9.32. The zero-order chi connectivity index (χ0) is 20.8. The Kier molecular flexibility index (Phi) is 6.59. The van der Waals surface area contributed by atoms with Crippen LogP contribution in [0.4, 0.5) is 5.69 Å². The lowest BCUT2D eigenvalue weighted by molar-refractivity contribution is 0.0724. The molecule has 0 unspecified atom stereocenters. The van der Waals surface area contributed by atoms with Gasteiger partial charge in [0.15, 0.2) is 11.5 Å². The summed E-state index contributed by atoms with van der Waals surface area (Å²) in [5.41, 5.74) is 1.47. The number of anilines is 1. The largest absolute Gasteiger partial charge is 0.493 e. The third-order valence-corrected chi connectivity index (χ3v) is 4.94. The number of rotatable bonds is 6. The number of amides is 2. The Morgan fingerprint density at radius 1 is 0.862 bits per heavy atom. The molecule has 0 spiro atoms. The van der Waals surface area contributed by atoms with Crippen molar-refractivity contribution in [2.75, 3.05) is 39.7 Å². The first-order valence-corrected chi connectivity index (χ1v) is 9.58. The predicted octanol–water partition coefficient (Wildman–Crippen LogP) is 3.59. The highest BCUT2D eigenvalue weighted by Gasteiger charge is 2.20. The Balaban J connectivity index is 1.80. The zero-order valence-electron chi connectivity index (χ0n) is 17.0. The van der Waals surface area contributed by atoms with E-state index in [0.717, 1.165) is 32.4 Å². The molecular weight excluding hydrogens is 372 g/mol. The molecule has 0 saturated carbocycles. The quantitative estimate of drug-likeness (QED) is 0.805. The fraction of sp³-hybridized carbons (Fsp3) is 0.364. The number of carbonyl (C=O) groups excluding carboxylic acids is 2. The average molecular weight is 398 g/mol. The van der Waals surface area contributed by atoms with Gasteiger partial charge in [0, 0.05) is 29.9 Å². The van der Waals surface area contributed by atoms with Gasteiger partial charge in [-0.05, 0) is 49.6 Å². The average Bonchev–Trinajstić information content (AvgIpc) is 2.78. The smallest absolute Gasteiger partial charge is 0.255 e. The Labute approximate surface area is 170 Å². The van der Waals surface area contributed by atoms with Gasteiger partial charge >= 0.3 is 0 Å². The first-order valence-electron chi connectivity index (χ1n) is 9.58. The number of nitrogens with one attached hydrogen (secondary N) is 1. The molecule has 2 amide bonds. The van der Waals surface area contributed by atoms with Crippen LogP contribution in [0.15, 0.2) is 36.4 Å². The molecule has 0 radical (unpaired) electrons. The number of ether oxygens (including phenoxy) is 3. The SMILES string of the molecule is COc1cc(C(=O)Nc2cccc(C(=O)N3CCCCC3)c2)cc(OC)c1OC. The number of hydrogen-bond acceptors (Lipinski definition) is 5. The van der Waals surface area contributed by atoms with Crippen LogP contribution in [0.1, 0.15) is 40.0 Å². The Bertz CT molecular complexity index is 866. The van der Waals surface area contributed by atoms with E-state index in [-0.39, 0.29) is 11.8 Å². The topological polar surface area (TPSA) is 77.1 Å². The number of piperidine rings is 1. The van der Waals surface area contributed by atoms with Crippen LogP contribution < -0.4 is 19.5 Å². The lowest BCUT2D eigenvalue weighted by Gasteiger charge is -2.26. The summed E-state index contributed by atoms with van der Waals surface area (Å²) in [6, 6.07) is 10.2. The summed E-state index contributed by atoms with van der Waals surface area (Å²) in [6.45, 7) is 1.56. The molecule has 0 aliphatic carbocycles. The minimum absolute atomic E-state index is 0.00594. The summed E-state index contributed by atoms with van der Waals surface area (Å²) < 4.78 is 15.9. The molecule has 1 aliphatic rings. The van der Waals surface area contributed by atoms with Crippen molar-refractivity contribution in [3.63, 3.8) is 0 Å². The van der Waals surface area contributed by atoms with Crippen molar-refractivity contribution in [3.8, 4) is 17.2 Å². The summed E-state index contributed by atoms with van der Waals surface area (Å²) in [4.78, 5) is 27.4. The number of hydrogen-bond donors (Lipinski definition) is 1. The molecule has 2 aromatic carbocycles. The van der Waals surface area contributed by atoms with Crippen molar-refractivity contribution in [2.45, 2.75) is 19.3 Å². The van der Waals surface area contributed by atoms with E-state index >= 15 is 0 Å². The first-order chi connectivity index (χ1) is 14.1. The summed E-state index contributed by atoms with van der Waals surface area (Å²) >= 11 is 0. The molecule has 1 aliphatic heterocycles. The van der Waals surface area contributed by atoms with E-state index in [4.69, 9.17) is 14.2 Å². The maximum Gasteiger partial charge on any atom is 0.255 e. The zero-order valence-corrected chi connectivity index (χ0v) is 17.0. The van der Waals surface area contributed by atoms with Crippen molar-refractivity contribution in [3.05, 3.63) is 47.5 Å². The normalized spacial score (nSPS) is 13.6. The summed E-state index contributed by atoms with van der Waals surface area (Å²) in [6.07, 6.45) is 3.22. The number of nitrogens with zero attached hydrogens (tertiary/aromatic N) is 1. The number of methoxy groups -OCH3 is 3.